The maximum atomic E-state index is 12.8. The molecule has 2 aromatic rings. The van der Waals surface area contributed by atoms with Gasteiger partial charge in [-0.2, -0.15) is 0 Å². The van der Waals surface area contributed by atoms with E-state index in [1.54, 1.807) is 60.4 Å². The summed E-state index contributed by atoms with van der Waals surface area (Å²) in [6.07, 6.45) is 1.38. The molecule has 2 heterocycles. The Balaban J connectivity index is 1.41. The third-order valence-electron chi connectivity index (χ3n) is 5.39. The molecule has 1 atom stereocenters. The van der Waals surface area contributed by atoms with Gasteiger partial charge in [-0.15, -0.1) is 0 Å². The van der Waals surface area contributed by atoms with Crippen molar-refractivity contribution in [1.82, 2.24) is 4.90 Å². The van der Waals surface area contributed by atoms with Crippen molar-refractivity contribution >= 4 is 52.4 Å². The van der Waals surface area contributed by atoms with E-state index in [2.05, 4.69) is 5.32 Å². The number of hydrogen-bond acceptors (Lipinski definition) is 4. The smallest absolute Gasteiger partial charge is 0.325 e. The molecule has 0 spiro atoms. The molecular formula is C22H21ClN4O4. The van der Waals surface area contributed by atoms with Gasteiger partial charge in [0.1, 0.15) is 12.6 Å². The molecule has 1 N–H and O–H groups in total. The third-order valence-corrected chi connectivity index (χ3v) is 5.64. The zero-order chi connectivity index (χ0) is 22.1. The average Bonchev–Trinajstić information content (AvgIpc) is 3.26. The summed E-state index contributed by atoms with van der Waals surface area (Å²) >= 11 is 5.90. The predicted molar refractivity (Wildman–Crippen MR) is 117 cm³/mol. The van der Waals surface area contributed by atoms with Crippen LogP contribution in [0.1, 0.15) is 19.8 Å². The first-order valence-electron chi connectivity index (χ1n) is 9.95. The van der Waals surface area contributed by atoms with Crippen LogP contribution in [0.2, 0.25) is 5.02 Å². The second kappa shape index (κ2) is 8.39. The lowest BCUT2D eigenvalue weighted by atomic mass is 10.2. The maximum absolute atomic E-state index is 12.8. The van der Waals surface area contributed by atoms with E-state index in [9.17, 15) is 19.2 Å². The minimum Gasteiger partial charge on any atom is -0.325 e. The number of anilines is 3. The average molecular weight is 441 g/mol. The van der Waals surface area contributed by atoms with E-state index >= 15 is 0 Å². The van der Waals surface area contributed by atoms with Crippen LogP contribution in [0.5, 0.6) is 0 Å². The fourth-order valence-electron chi connectivity index (χ4n) is 3.80. The van der Waals surface area contributed by atoms with Gasteiger partial charge in [0.2, 0.25) is 11.8 Å². The highest BCUT2D eigenvalue weighted by Gasteiger charge is 2.44. The molecule has 0 unspecified atom stereocenters. The molecule has 2 aliphatic rings. The number of benzene rings is 2. The number of amides is 5. The minimum absolute atomic E-state index is 0.0854. The second-order valence-electron chi connectivity index (χ2n) is 7.47. The number of hydrogen-bond donors (Lipinski definition) is 1. The SMILES string of the molecule is C[C@@H]1C(=O)N(CC(=O)Nc2ccc(N3CCCC3=O)cc2)C(=O)N1c1ccc(Cl)cc1. The quantitative estimate of drug-likeness (QED) is 0.722. The van der Waals surface area contributed by atoms with Crippen molar-refractivity contribution in [2.75, 3.05) is 28.2 Å². The highest BCUT2D eigenvalue weighted by atomic mass is 35.5. The lowest BCUT2D eigenvalue weighted by molar-refractivity contribution is -0.130. The summed E-state index contributed by atoms with van der Waals surface area (Å²) in [7, 11) is 0. The molecule has 0 aliphatic carbocycles. The van der Waals surface area contributed by atoms with Gasteiger partial charge in [-0.3, -0.25) is 24.2 Å². The molecular weight excluding hydrogens is 420 g/mol. The Kier molecular flexibility index (Phi) is 5.65. The number of imide groups is 1. The Morgan fingerprint density at radius 1 is 1.03 bits per heavy atom. The van der Waals surface area contributed by atoms with Crippen LogP contribution in [0.4, 0.5) is 21.9 Å². The Bertz CT molecular complexity index is 1040. The molecule has 0 radical (unpaired) electrons. The Morgan fingerprint density at radius 3 is 2.29 bits per heavy atom. The van der Waals surface area contributed by atoms with Crippen molar-refractivity contribution in [3.63, 3.8) is 0 Å². The summed E-state index contributed by atoms with van der Waals surface area (Å²) < 4.78 is 0. The first kappa shape index (κ1) is 20.9. The van der Waals surface area contributed by atoms with Gasteiger partial charge < -0.3 is 10.2 Å². The number of rotatable bonds is 5. The summed E-state index contributed by atoms with van der Waals surface area (Å²) in [5.74, 6) is -0.850. The van der Waals surface area contributed by atoms with Crippen LogP contribution in [0.25, 0.3) is 0 Å². The lowest BCUT2D eigenvalue weighted by Crippen LogP contribution is -2.39. The molecule has 9 heteroatoms. The summed E-state index contributed by atoms with van der Waals surface area (Å²) in [6, 6.07) is 12.2. The highest BCUT2D eigenvalue weighted by Crippen LogP contribution is 2.27. The molecule has 0 aromatic heterocycles. The van der Waals surface area contributed by atoms with Crippen molar-refractivity contribution in [2.45, 2.75) is 25.8 Å². The van der Waals surface area contributed by atoms with Crippen LogP contribution in [0, 0.1) is 0 Å². The number of carbonyl (C=O) groups excluding carboxylic acids is 4. The van der Waals surface area contributed by atoms with E-state index in [-0.39, 0.29) is 5.91 Å². The first-order chi connectivity index (χ1) is 14.8. The predicted octanol–water partition coefficient (Wildman–Crippen LogP) is 3.26. The summed E-state index contributed by atoms with van der Waals surface area (Å²) in [5, 5.41) is 3.21. The van der Waals surface area contributed by atoms with Gasteiger partial charge in [0.05, 0.1) is 0 Å². The number of nitrogens with one attached hydrogen (secondary N) is 1. The van der Waals surface area contributed by atoms with Crippen molar-refractivity contribution < 1.29 is 19.2 Å². The van der Waals surface area contributed by atoms with Crippen LogP contribution in [-0.2, 0) is 14.4 Å². The standard InChI is InChI=1S/C22H21ClN4O4/c1-14-21(30)26(22(31)27(14)18-8-4-15(23)5-9-18)13-19(28)24-16-6-10-17(11-7-16)25-12-2-3-20(25)29/h4-11,14H,2-3,12-13H2,1H3,(H,24,28)/t14-/m1/s1. The van der Waals surface area contributed by atoms with Gasteiger partial charge in [-0.1, -0.05) is 11.6 Å². The first-order valence-corrected chi connectivity index (χ1v) is 10.3. The second-order valence-corrected chi connectivity index (χ2v) is 7.91. The summed E-state index contributed by atoms with van der Waals surface area (Å²) in [6.45, 7) is 1.91. The van der Waals surface area contributed by atoms with Crippen LogP contribution < -0.4 is 15.1 Å². The fraction of sp³-hybridized carbons (Fsp3) is 0.273. The molecule has 4 rings (SSSR count). The summed E-state index contributed by atoms with van der Waals surface area (Å²) in [5.41, 5.74) is 1.82. The summed E-state index contributed by atoms with van der Waals surface area (Å²) in [4.78, 5) is 53.7. The van der Waals surface area contributed by atoms with Crippen LogP contribution >= 0.6 is 11.6 Å². The number of carbonyl (C=O) groups is 4. The fourth-order valence-corrected chi connectivity index (χ4v) is 3.92. The molecule has 2 saturated heterocycles. The van der Waals surface area contributed by atoms with Crippen molar-refractivity contribution in [3.8, 4) is 0 Å². The molecule has 2 fully saturated rings. The van der Waals surface area contributed by atoms with Crippen molar-refractivity contribution in [3.05, 3.63) is 53.6 Å². The molecule has 5 amide bonds. The lowest BCUT2D eigenvalue weighted by Gasteiger charge is -2.19. The topological polar surface area (TPSA) is 90.0 Å². The molecule has 0 saturated carbocycles. The maximum Gasteiger partial charge on any atom is 0.332 e. The van der Waals surface area contributed by atoms with E-state index in [4.69, 9.17) is 11.6 Å². The van der Waals surface area contributed by atoms with Gasteiger partial charge in [-0.05, 0) is 61.9 Å². The zero-order valence-corrected chi connectivity index (χ0v) is 17.6. The van der Waals surface area contributed by atoms with Gasteiger partial charge in [-0.25, -0.2) is 4.79 Å². The molecule has 2 aromatic carbocycles. The largest absolute Gasteiger partial charge is 0.332 e. The molecule has 160 valence electrons. The Labute approximate surface area is 184 Å². The van der Waals surface area contributed by atoms with Crippen molar-refractivity contribution in [1.29, 1.82) is 0 Å². The van der Waals surface area contributed by atoms with Gasteiger partial charge in [0.25, 0.3) is 5.91 Å². The van der Waals surface area contributed by atoms with Crippen molar-refractivity contribution in [2.24, 2.45) is 0 Å². The van der Waals surface area contributed by atoms with Gasteiger partial charge in [0.15, 0.2) is 0 Å². The zero-order valence-electron chi connectivity index (χ0n) is 16.9. The molecule has 2 aliphatic heterocycles. The molecule has 0 bridgehead atoms. The van der Waals surface area contributed by atoms with E-state index < -0.39 is 30.4 Å². The number of halogens is 1. The number of nitrogens with zero attached hydrogens (tertiary/aromatic N) is 3. The van der Waals surface area contributed by atoms with Crippen LogP contribution in [0.3, 0.4) is 0 Å². The van der Waals surface area contributed by atoms with Crippen LogP contribution in [-0.4, -0.2) is 47.8 Å². The monoisotopic (exact) mass is 440 g/mol. The van der Waals surface area contributed by atoms with Crippen LogP contribution in [0.15, 0.2) is 48.5 Å². The highest BCUT2D eigenvalue weighted by molar-refractivity contribution is 6.30. The minimum atomic E-state index is -0.723. The van der Waals surface area contributed by atoms with Gasteiger partial charge >= 0.3 is 6.03 Å². The Morgan fingerprint density at radius 2 is 1.68 bits per heavy atom. The van der Waals surface area contributed by atoms with E-state index in [1.165, 1.54) is 4.90 Å². The molecule has 8 nitrogen and oxygen atoms in total. The number of urea groups is 1. The normalized spacial score (nSPS) is 18.8. The molecule has 31 heavy (non-hydrogen) atoms. The van der Waals surface area contributed by atoms with E-state index in [1.807, 2.05) is 0 Å². The van der Waals surface area contributed by atoms with E-state index in [0.717, 1.165) is 17.0 Å². The van der Waals surface area contributed by atoms with Gasteiger partial charge in [0, 0.05) is 35.1 Å². The van der Waals surface area contributed by atoms with E-state index in [0.29, 0.717) is 29.4 Å². The Hall–Kier alpha value is -3.39. The third kappa shape index (κ3) is 4.11.